The summed E-state index contributed by atoms with van der Waals surface area (Å²) in [6, 6.07) is 4.90. The van der Waals surface area contributed by atoms with Crippen LogP contribution in [-0.2, 0) is 6.54 Å². The molecule has 2 aromatic rings. The molecule has 17 heavy (non-hydrogen) atoms. The summed E-state index contributed by atoms with van der Waals surface area (Å²) in [7, 11) is 0. The number of nitrogens with two attached hydrogens (primary N) is 1. The second-order valence-corrected chi connectivity index (χ2v) is 4.40. The highest BCUT2D eigenvalue weighted by atomic mass is 35.5. The molecule has 1 aromatic heterocycles. The van der Waals surface area contributed by atoms with Crippen molar-refractivity contribution < 1.29 is 0 Å². The van der Waals surface area contributed by atoms with E-state index in [2.05, 4.69) is 10.3 Å². The van der Waals surface area contributed by atoms with Crippen LogP contribution in [0.25, 0.3) is 0 Å². The third-order valence-corrected chi connectivity index (χ3v) is 3.24. The maximum Gasteiger partial charge on any atom is 0.0800 e. The van der Waals surface area contributed by atoms with Crippen LogP contribution < -0.4 is 5.73 Å². The van der Waals surface area contributed by atoms with Gasteiger partial charge in [-0.1, -0.05) is 34.5 Å². The average molecular weight is 271 g/mol. The molecule has 0 saturated heterocycles. The Kier molecular flexibility index (Phi) is 3.66. The monoisotopic (exact) mass is 270 g/mol. The molecular formula is C11H12Cl2N4. The van der Waals surface area contributed by atoms with E-state index in [0.717, 1.165) is 5.69 Å². The number of halogens is 2. The van der Waals surface area contributed by atoms with Gasteiger partial charge in [-0.2, -0.15) is 0 Å². The second kappa shape index (κ2) is 5.04. The molecule has 0 saturated carbocycles. The highest BCUT2D eigenvalue weighted by Crippen LogP contribution is 2.32. The Morgan fingerprint density at radius 1 is 1.35 bits per heavy atom. The van der Waals surface area contributed by atoms with Crippen LogP contribution in [0, 0.1) is 0 Å². The molecule has 0 aliphatic heterocycles. The number of aryl methyl sites for hydroxylation is 1. The fraction of sp³-hybridized carbons (Fsp3) is 0.273. The predicted molar refractivity (Wildman–Crippen MR) is 68.2 cm³/mol. The molecular weight excluding hydrogens is 259 g/mol. The van der Waals surface area contributed by atoms with E-state index in [1.807, 2.05) is 6.92 Å². The van der Waals surface area contributed by atoms with Crippen molar-refractivity contribution in [3.05, 3.63) is 45.7 Å². The van der Waals surface area contributed by atoms with E-state index in [-0.39, 0.29) is 0 Å². The van der Waals surface area contributed by atoms with Gasteiger partial charge in [0.15, 0.2) is 0 Å². The molecule has 0 bridgehead atoms. The van der Waals surface area contributed by atoms with Crippen molar-refractivity contribution >= 4 is 23.2 Å². The highest BCUT2D eigenvalue weighted by molar-refractivity contribution is 6.36. The summed E-state index contributed by atoms with van der Waals surface area (Å²) in [6.07, 6.45) is 1.63. The summed E-state index contributed by atoms with van der Waals surface area (Å²) in [4.78, 5) is 0. The van der Waals surface area contributed by atoms with Gasteiger partial charge in [0.1, 0.15) is 0 Å². The number of benzene rings is 1. The molecule has 90 valence electrons. The number of hydrogen-bond acceptors (Lipinski definition) is 3. The maximum absolute atomic E-state index is 6.17. The van der Waals surface area contributed by atoms with Gasteiger partial charge in [-0.25, -0.2) is 4.68 Å². The number of rotatable bonds is 3. The zero-order valence-corrected chi connectivity index (χ0v) is 10.8. The third kappa shape index (κ3) is 2.29. The van der Waals surface area contributed by atoms with Gasteiger partial charge in [0, 0.05) is 22.2 Å². The van der Waals surface area contributed by atoms with Gasteiger partial charge in [-0.3, -0.25) is 0 Å². The Bertz CT molecular complexity index is 504. The van der Waals surface area contributed by atoms with Crippen LogP contribution >= 0.6 is 23.2 Å². The first-order valence-electron chi connectivity index (χ1n) is 5.23. The van der Waals surface area contributed by atoms with E-state index < -0.39 is 6.04 Å². The maximum atomic E-state index is 6.17. The zero-order valence-electron chi connectivity index (χ0n) is 9.27. The fourth-order valence-corrected chi connectivity index (χ4v) is 2.34. The van der Waals surface area contributed by atoms with Crippen LogP contribution in [0.5, 0.6) is 0 Å². The Balaban J connectivity index is 2.47. The zero-order chi connectivity index (χ0) is 12.4. The number of aromatic nitrogens is 3. The largest absolute Gasteiger partial charge is 0.319 e. The smallest absolute Gasteiger partial charge is 0.0800 e. The van der Waals surface area contributed by atoms with Crippen molar-refractivity contribution in [1.82, 2.24) is 15.0 Å². The Hall–Kier alpha value is -1.10. The molecule has 0 radical (unpaired) electrons. The van der Waals surface area contributed by atoms with E-state index in [9.17, 15) is 0 Å². The molecule has 1 heterocycles. The minimum atomic E-state index is -0.425. The average Bonchev–Trinajstić information content (AvgIpc) is 2.76. The molecule has 2 rings (SSSR count). The van der Waals surface area contributed by atoms with Gasteiger partial charge in [-0.05, 0) is 19.1 Å². The van der Waals surface area contributed by atoms with Crippen molar-refractivity contribution in [2.75, 3.05) is 0 Å². The van der Waals surface area contributed by atoms with E-state index in [4.69, 9.17) is 28.9 Å². The summed E-state index contributed by atoms with van der Waals surface area (Å²) < 4.78 is 1.73. The molecule has 0 fully saturated rings. The van der Waals surface area contributed by atoms with Crippen molar-refractivity contribution in [3.63, 3.8) is 0 Å². The molecule has 1 aromatic carbocycles. The van der Waals surface area contributed by atoms with Gasteiger partial charge in [0.2, 0.25) is 0 Å². The molecule has 1 atom stereocenters. The van der Waals surface area contributed by atoms with Crippen LogP contribution in [0.2, 0.25) is 10.0 Å². The van der Waals surface area contributed by atoms with Crippen molar-refractivity contribution in [2.24, 2.45) is 5.73 Å². The first kappa shape index (κ1) is 12.4. The third-order valence-electron chi connectivity index (χ3n) is 2.58. The summed E-state index contributed by atoms with van der Waals surface area (Å²) in [5.74, 6) is 0. The number of hydrogen-bond donors (Lipinski definition) is 1. The normalized spacial score (nSPS) is 12.7. The van der Waals surface area contributed by atoms with Gasteiger partial charge in [0.05, 0.1) is 17.9 Å². The van der Waals surface area contributed by atoms with E-state index in [0.29, 0.717) is 22.2 Å². The van der Waals surface area contributed by atoms with Crippen LogP contribution in [0.3, 0.4) is 0 Å². The fourth-order valence-electron chi connectivity index (χ4n) is 1.71. The molecule has 0 aliphatic carbocycles. The van der Waals surface area contributed by atoms with Crippen LogP contribution in [0.1, 0.15) is 24.2 Å². The molecule has 0 amide bonds. The van der Waals surface area contributed by atoms with Crippen molar-refractivity contribution in [1.29, 1.82) is 0 Å². The Labute approximate surface area is 109 Å². The van der Waals surface area contributed by atoms with Gasteiger partial charge in [0.25, 0.3) is 0 Å². The summed E-state index contributed by atoms with van der Waals surface area (Å²) in [5.41, 5.74) is 7.66. The molecule has 4 nitrogen and oxygen atoms in total. The van der Waals surface area contributed by atoms with E-state index in [1.54, 1.807) is 29.1 Å². The quantitative estimate of drug-likeness (QED) is 0.933. The first-order valence-corrected chi connectivity index (χ1v) is 5.98. The van der Waals surface area contributed by atoms with E-state index in [1.165, 1.54) is 0 Å². The Morgan fingerprint density at radius 2 is 2.00 bits per heavy atom. The minimum Gasteiger partial charge on any atom is -0.319 e. The predicted octanol–water partition coefficient (Wildman–Crippen LogP) is 2.65. The van der Waals surface area contributed by atoms with Crippen molar-refractivity contribution in [2.45, 2.75) is 19.5 Å². The number of nitrogens with zero attached hydrogens (tertiary/aromatic N) is 3. The highest BCUT2D eigenvalue weighted by Gasteiger charge is 2.19. The molecule has 2 N–H and O–H groups in total. The van der Waals surface area contributed by atoms with Gasteiger partial charge in [-0.15, -0.1) is 5.10 Å². The van der Waals surface area contributed by atoms with E-state index >= 15 is 0 Å². The lowest BCUT2D eigenvalue weighted by Crippen LogP contribution is -2.18. The Morgan fingerprint density at radius 3 is 2.59 bits per heavy atom. The molecule has 0 aliphatic rings. The molecule has 6 heteroatoms. The van der Waals surface area contributed by atoms with Crippen molar-refractivity contribution in [3.8, 4) is 0 Å². The standard InChI is InChI=1S/C11H12Cl2N4/c1-2-17-9(6-15-16-17)11(14)10-7(12)4-3-5-8(10)13/h3-6,11H,2,14H2,1H3. The first-order chi connectivity index (χ1) is 8.15. The van der Waals surface area contributed by atoms with Gasteiger partial charge >= 0.3 is 0 Å². The van der Waals surface area contributed by atoms with Crippen LogP contribution in [-0.4, -0.2) is 15.0 Å². The minimum absolute atomic E-state index is 0.425. The lowest BCUT2D eigenvalue weighted by atomic mass is 10.0. The SMILES string of the molecule is CCn1nncc1C(N)c1c(Cl)cccc1Cl. The lowest BCUT2D eigenvalue weighted by molar-refractivity contribution is 0.581. The topological polar surface area (TPSA) is 56.7 Å². The molecule has 0 spiro atoms. The summed E-state index contributed by atoms with van der Waals surface area (Å²) >= 11 is 12.2. The second-order valence-electron chi connectivity index (χ2n) is 3.59. The summed E-state index contributed by atoms with van der Waals surface area (Å²) in [5, 5.41) is 8.89. The van der Waals surface area contributed by atoms with Crippen LogP contribution in [0.4, 0.5) is 0 Å². The molecule has 1 unspecified atom stereocenters. The van der Waals surface area contributed by atoms with Crippen LogP contribution in [0.15, 0.2) is 24.4 Å². The lowest BCUT2D eigenvalue weighted by Gasteiger charge is -2.15. The van der Waals surface area contributed by atoms with Gasteiger partial charge < -0.3 is 5.73 Å². The summed E-state index contributed by atoms with van der Waals surface area (Å²) in [6.45, 7) is 2.67.